The molecule has 2 N–H and O–H groups in total. The van der Waals surface area contributed by atoms with Crippen LogP contribution >= 0.6 is 0 Å². The first-order valence-corrected chi connectivity index (χ1v) is 5.15. The number of carboxylic acids is 1. The van der Waals surface area contributed by atoms with Gasteiger partial charge in [-0.3, -0.25) is 4.79 Å². The number of benzene rings is 1. The van der Waals surface area contributed by atoms with E-state index in [2.05, 4.69) is 5.32 Å². The number of rotatable bonds is 5. The van der Waals surface area contributed by atoms with Crippen LogP contribution in [0.5, 0.6) is 5.75 Å². The standard InChI is InChI=1S/C12H17NO3/c1-8-6-10(13-5-4-11(14)15)7-9(2)12(8)16-3/h6-7,13H,4-5H2,1-3H3,(H,14,15). The summed E-state index contributed by atoms with van der Waals surface area (Å²) in [5, 5.41) is 11.6. The van der Waals surface area contributed by atoms with Crippen molar-refractivity contribution in [1.82, 2.24) is 0 Å². The van der Waals surface area contributed by atoms with Crippen molar-refractivity contribution in [2.75, 3.05) is 19.0 Å². The third-order valence-corrected chi connectivity index (χ3v) is 2.33. The van der Waals surface area contributed by atoms with Crippen molar-refractivity contribution in [2.45, 2.75) is 20.3 Å². The Hall–Kier alpha value is -1.71. The molecule has 0 spiro atoms. The summed E-state index contributed by atoms with van der Waals surface area (Å²) in [4.78, 5) is 10.4. The van der Waals surface area contributed by atoms with Gasteiger partial charge in [0.05, 0.1) is 13.5 Å². The van der Waals surface area contributed by atoms with Gasteiger partial charge in [0.15, 0.2) is 0 Å². The predicted molar refractivity (Wildman–Crippen MR) is 63.2 cm³/mol. The molecule has 0 saturated carbocycles. The molecule has 4 nitrogen and oxygen atoms in total. The van der Waals surface area contributed by atoms with Gasteiger partial charge in [-0.15, -0.1) is 0 Å². The molecule has 0 aliphatic heterocycles. The van der Waals surface area contributed by atoms with E-state index in [1.807, 2.05) is 26.0 Å². The van der Waals surface area contributed by atoms with Crippen LogP contribution in [0.3, 0.4) is 0 Å². The summed E-state index contributed by atoms with van der Waals surface area (Å²) < 4.78 is 5.25. The number of aliphatic carboxylic acids is 1. The molecule has 0 saturated heterocycles. The van der Waals surface area contributed by atoms with Crippen LogP contribution in [0, 0.1) is 13.8 Å². The second kappa shape index (κ2) is 5.39. The highest BCUT2D eigenvalue weighted by Crippen LogP contribution is 2.26. The Morgan fingerprint density at radius 1 is 1.38 bits per heavy atom. The van der Waals surface area contributed by atoms with Crippen LogP contribution in [0.1, 0.15) is 17.5 Å². The number of carboxylic acid groups (broad SMARTS) is 1. The largest absolute Gasteiger partial charge is 0.496 e. The molecule has 0 aliphatic rings. The smallest absolute Gasteiger partial charge is 0.305 e. The van der Waals surface area contributed by atoms with Crippen molar-refractivity contribution in [3.8, 4) is 5.75 Å². The van der Waals surface area contributed by atoms with Crippen LogP contribution in [-0.2, 0) is 4.79 Å². The van der Waals surface area contributed by atoms with E-state index in [4.69, 9.17) is 9.84 Å². The van der Waals surface area contributed by atoms with E-state index in [0.717, 1.165) is 22.6 Å². The highest BCUT2D eigenvalue weighted by molar-refractivity contribution is 5.67. The number of carbonyl (C=O) groups is 1. The van der Waals surface area contributed by atoms with Gasteiger partial charge in [0.25, 0.3) is 0 Å². The molecule has 88 valence electrons. The molecule has 16 heavy (non-hydrogen) atoms. The second-order valence-corrected chi connectivity index (χ2v) is 3.71. The molecule has 0 fully saturated rings. The maximum absolute atomic E-state index is 10.4. The summed E-state index contributed by atoms with van der Waals surface area (Å²) in [5.74, 6) is 0.0817. The van der Waals surface area contributed by atoms with E-state index in [1.165, 1.54) is 0 Å². The van der Waals surface area contributed by atoms with Gasteiger partial charge >= 0.3 is 5.97 Å². The fraction of sp³-hybridized carbons (Fsp3) is 0.417. The fourth-order valence-electron chi connectivity index (χ4n) is 1.69. The lowest BCUT2D eigenvalue weighted by Gasteiger charge is -2.12. The first kappa shape index (κ1) is 12.4. The Kier molecular flexibility index (Phi) is 4.17. The zero-order chi connectivity index (χ0) is 12.1. The number of nitrogens with one attached hydrogen (secondary N) is 1. The Bertz CT molecular complexity index is 365. The molecule has 4 heteroatoms. The normalized spacial score (nSPS) is 9.94. The van der Waals surface area contributed by atoms with Crippen LogP contribution in [0.15, 0.2) is 12.1 Å². The molecular formula is C12H17NO3. The molecule has 0 amide bonds. The Balaban J connectivity index is 2.72. The van der Waals surface area contributed by atoms with Gasteiger partial charge in [-0.05, 0) is 37.1 Å². The average Bonchev–Trinajstić information content (AvgIpc) is 2.16. The minimum atomic E-state index is -0.797. The lowest BCUT2D eigenvalue weighted by molar-refractivity contribution is -0.136. The summed E-state index contributed by atoms with van der Waals surface area (Å²) >= 11 is 0. The van der Waals surface area contributed by atoms with E-state index in [0.29, 0.717) is 6.54 Å². The minimum absolute atomic E-state index is 0.115. The maximum Gasteiger partial charge on any atom is 0.305 e. The zero-order valence-corrected chi connectivity index (χ0v) is 9.83. The van der Waals surface area contributed by atoms with Gasteiger partial charge in [-0.2, -0.15) is 0 Å². The number of anilines is 1. The lowest BCUT2D eigenvalue weighted by Crippen LogP contribution is -2.08. The molecule has 1 rings (SSSR count). The minimum Gasteiger partial charge on any atom is -0.496 e. The molecule has 0 aromatic heterocycles. The van der Waals surface area contributed by atoms with Crippen LogP contribution in [0.4, 0.5) is 5.69 Å². The zero-order valence-electron chi connectivity index (χ0n) is 9.83. The molecular weight excluding hydrogens is 206 g/mol. The van der Waals surface area contributed by atoms with Crippen molar-refractivity contribution in [2.24, 2.45) is 0 Å². The number of hydrogen-bond acceptors (Lipinski definition) is 3. The van der Waals surface area contributed by atoms with E-state index >= 15 is 0 Å². The predicted octanol–water partition coefficient (Wildman–Crippen LogP) is 2.20. The topological polar surface area (TPSA) is 58.6 Å². The third kappa shape index (κ3) is 3.15. The summed E-state index contributed by atoms with van der Waals surface area (Å²) in [6, 6.07) is 3.90. The van der Waals surface area contributed by atoms with Crippen molar-refractivity contribution in [3.63, 3.8) is 0 Å². The molecule has 0 unspecified atom stereocenters. The van der Waals surface area contributed by atoms with Crippen molar-refractivity contribution < 1.29 is 14.6 Å². The van der Waals surface area contributed by atoms with E-state index in [-0.39, 0.29) is 6.42 Å². The van der Waals surface area contributed by atoms with E-state index in [1.54, 1.807) is 7.11 Å². The van der Waals surface area contributed by atoms with Gasteiger partial charge in [0.2, 0.25) is 0 Å². The number of hydrogen-bond donors (Lipinski definition) is 2. The first-order chi connectivity index (χ1) is 7.54. The van der Waals surface area contributed by atoms with Gasteiger partial charge in [-0.25, -0.2) is 0 Å². The highest BCUT2D eigenvalue weighted by atomic mass is 16.5. The Labute approximate surface area is 95.2 Å². The average molecular weight is 223 g/mol. The van der Waals surface area contributed by atoms with Gasteiger partial charge < -0.3 is 15.2 Å². The molecule has 0 aliphatic carbocycles. The van der Waals surface area contributed by atoms with E-state index in [9.17, 15) is 4.79 Å². The van der Waals surface area contributed by atoms with Crippen LogP contribution in [0.2, 0.25) is 0 Å². The second-order valence-electron chi connectivity index (χ2n) is 3.71. The molecule has 0 bridgehead atoms. The van der Waals surface area contributed by atoms with Crippen molar-refractivity contribution in [1.29, 1.82) is 0 Å². The Morgan fingerprint density at radius 2 is 1.94 bits per heavy atom. The van der Waals surface area contributed by atoms with Crippen LogP contribution < -0.4 is 10.1 Å². The summed E-state index contributed by atoms with van der Waals surface area (Å²) in [6.45, 7) is 4.36. The van der Waals surface area contributed by atoms with Crippen molar-refractivity contribution >= 4 is 11.7 Å². The molecule has 1 aromatic rings. The molecule has 0 heterocycles. The number of ether oxygens (including phenoxy) is 1. The summed E-state index contributed by atoms with van der Waals surface area (Å²) in [7, 11) is 1.65. The van der Waals surface area contributed by atoms with Crippen LogP contribution in [-0.4, -0.2) is 24.7 Å². The molecule has 0 atom stereocenters. The van der Waals surface area contributed by atoms with Gasteiger partial charge in [-0.1, -0.05) is 0 Å². The summed E-state index contributed by atoms with van der Waals surface area (Å²) in [5.41, 5.74) is 3.01. The SMILES string of the molecule is COc1c(C)cc(NCCC(=O)O)cc1C. The van der Waals surface area contributed by atoms with Crippen molar-refractivity contribution in [3.05, 3.63) is 23.3 Å². The fourth-order valence-corrected chi connectivity index (χ4v) is 1.69. The van der Waals surface area contributed by atoms with E-state index < -0.39 is 5.97 Å². The lowest BCUT2D eigenvalue weighted by atomic mass is 10.1. The molecule has 1 aromatic carbocycles. The third-order valence-electron chi connectivity index (χ3n) is 2.33. The highest BCUT2D eigenvalue weighted by Gasteiger charge is 2.05. The molecule has 0 radical (unpaired) electrons. The number of aryl methyl sites for hydroxylation is 2. The first-order valence-electron chi connectivity index (χ1n) is 5.15. The monoisotopic (exact) mass is 223 g/mol. The summed E-state index contributed by atoms with van der Waals surface area (Å²) in [6.07, 6.45) is 0.115. The maximum atomic E-state index is 10.4. The Morgan fingerprint density at radius 3 is 2.38 bits per heavy atom. The quantitative estimate of drug-likeness (QED) is 0.803. The van der Waals surface area contributed by atoms with Crippen LogP contribution in [0.25, 0.3) is 0 Å². The van der Waals surface area contributed by atoms with Gasteiger partial charge in [0, 0.05) is 12.2 Å². The van der Waals surface area contributed by atoms with Gasteiger partial charge in [0.1, 0.15) is 5.75 Å². The number of methoxy groups -OCH3 is 1.